The minimum absolute atomic E-state index is 0.00579. The maximum Gasteiger partial charge on any atom is 0.416 e. The van der Waals surface area contributed by atoms with Crippen LogP contribution in [0.4, 0.5) is 13.2 Å². The lowest BCUT2D eigenvalue weighted by Gasteiger charge is -2.49. The Balaban J connectivity index is 1.61. The van der Waals surface area contributed by atoms with Crippen LogP contribution in [0.2, 0.25) is 0 Å². The Morgan fingerprint density at radius 3 is 2.49 bits per heavy atom. The van der Waals surface area contributed by atoms with Crippen LogP contribution in [-0.2, 0) is 31.9 Å². The summed E-state index contributed by atoms with van der Waals surface area (Å²) in [6.07, 6.45) is 2.47. The first kappa shape index (κ1) is 31.8. The molecule has 4 nitrogen and oxygen atoms in total. The predicted octanol–water partition coefficient (Wildman–Crippen LogP) is 10.0. The van der Waals surface area contributed by atoms with Gasteiger partial charge in [0.05, 0.1) is 22.2 Å². The van der Waals surface area contributed by atoms with Crippen molar-refractivity contribution >= 4 is 40.7 Å². The molecule has 234 valence electrons. The molecule has 0 bridgehead atoms. The van der Waals surface area contributed by atoms with Crippen molar-refractivity contribution in [3.05, 3.63) is 69.5 Å². The van der Waals surface area contributed by atoms with Crippen LogP contribution in [0.25, 0.3) is 6.08 Å². The van der Waals surface area contributed by atoms with E-state index in [4.69, 9.17) is 18.6 Å². The molecule has 2 aliphatic carbocycles. The summed E-state index contributed by atoms with van der Waals surface area (Å²) < 4.78 is 61.1. The molecule has 1 aromatic heterocycles. The second kappa shape index (κ2) is 11.3. The number of rotatable bonds is 5. The third-order valence-corrected chi connectivity index (χ3v) is 11.8. The van der Waals surface area contributed by atoms with Crippen LogP contribution in [0.3, 0.4) is 0 Å². The quantitative estimate of drug-likeness (QED) is 0.174. The number of hydrogen-bond acceptors (Lipinski definition) is 5. The molecule has 4 unspecified atom stereocenters. The fraction of sp³-hybridized carbons (Fsp3) is 0.618. The van der Waals surface area contributed by atoms with E-state index >= 15 is 0 Å². The van der Waals surface area contributed by atoms with E-state index in [2.05, 4.69) is 63.8 Å². The van der Waals surface area contributed by atoms with E-state index in [0.29, 0.717) is 30.8 Å². The normalized spacial score (nSPS) is 28.2. The highest BCUT2D eigenvalue weighted by atomic mass is 127. The van der Waals surface area contributed by atoms with Gasteiger partial charge in [-0.05, 0) is 93.1 Å². The molecule has 0 radical (unpaired) electrons. The van der Waals surface area contributed by atoms with Gasteiger partial charge in [-0.1, -0.05) is 61.6 Å². The molecule has 4 atom stereocenters. The van der Waals surface area contributed by atoms with Crippen molar-refractivity contribution in [3.63, 3.8) is 0 Å². The molecule has 6 rings (SSSR count). The van der Waals surface area contributed by atoms with Gasteiger partial charge in [-0.25, -0.2) is 0 Å². The average Bonchev–Trinajstić information content (AvgIpc) is 3.25. The zero-order valence-electron chi connectivity index (χ0n) is 25.6. The Hall–Kier alpha value is -1.14. The molecule has 2 aromatic rings. The largest absolute Gasteiger partial charge is 0.416 e. The van der Waals surface area contributed by atoms with Crippen molar-refractivity contribution in [1.82, 2.24) is 4.98 Å². The first-order valence-corrected chi connectivity index (χ1v) is 17.3. The van der Waals surface area contributed by atoms with E-state index in [1.807, 2.05) is 0 Å². The SMILES string of the molecule is C=Cc1cc(C(F)(F)F)ccc1C1OC2(CCOCC2I)c2c3c(nc(C(C)C)c21)CC1(CCC1)CC3OSC(C)(C)C. The summed E-state index contributed by atoms with van der Waals surface area (Å²) in [4.78, 5) is 5.44. The number of benzene rings is 1. The first-order valence-electron chi connectivity index (χ1n) is 15.3. The van der Waals surface area contributed by atoms with Crippen molar-refractivity contribution in [2.45, 2.75) is 112 Å². The number of ether oxygens (including phenoxy) is 2. The van der Waals surface area contributed by atoms with Crippen molar-refractivity contribution in [1.29, 1.82) is 0 Å². The van der Waals surface area contributed by atoms with Crippen LogP contribution in [0, 0.1) is 5.41 Å². The molecule has 1 saturated carbocycles. The molecule has 0 N–H and O–H groups in total. The lowest BCUT2D eigenvalue weighted by molar-refractivity contribution is -0.137. The average molecular weight is 728 g/mol. The number of aromatic nitrogens is 1. The molecular formula is C34H41F3INO3S. The molecule has 2 spiro atoms. The van der Waals surface area contributed by atoms with Crippen molar-refractivity contribution in [2.24, 2.45) is 5.41 Å². The summed E-state index contributed by atoms with van der Waals surface area (Å²) >= 11 is 3.98. The summed E-state index contributed by atoms with van der Waals surface area (Å²) in [5.41, 5.74) is 5.34. The second-order valence-corrected chi connectivity index (χ2v) is 17.1. The highest BCUT2D eigenvalue weighted by Gasteiger charge is 2.57. The molecule has 2 fully saturated rings. The molecule has 1 aromatic carbocycles. The third kappa shape index (κ3) is 5.61. The second-order valence-electron chi connectivity index (χ2n) is 14.0. The van der Waals surface area contributed by atoms with Gasteiger partial charge < -0.3 is 13.7 Å². The van der Waals surface area contributed by atoms with E-state index in [9.17, 15) is 13.2 Å². The van der Waals surface area contributed by atoms with Crippen molar-refractivity contribution in [2.75, 3.05) is 13.2 Å². The van der Waals surface area contributed by atoms with Crippen molar-refractivity contribution in [3.8, 4) is 0 Å². The van der Waals surface area contributed by atoms with Crippen LogP contribution in [-0.4, -0.2) is 26.9 Å². The molecule has 43 heavy (non-hydrogen) atoms. The minimum atomic E-state index is -4.45. The summed E-state index contributed by atoms with van der Waals surface area (Å²) in [6.45, 7) is 15.8. The van der Waals surface area contributed by atoms with Gasteiger partial charge in [0, 0.05) is 45.9 Å². The molecule has 1 saturated heterocycles. The Kier molecular flexibility index (Phi) is 8.35. The van der Waals surface area contributed by atoms with Gasteiger partial charge in [-0.3, -0.25) is 4.98 Å². The molecular weight excluding hydrogens is 686 g/mol. The highest BCUT2D eigenvalue weighted by Crippen LogP contribution is 2.62. The fourth-order valence-corrected chi connectivity index (χ4v) is 9.01. The lowest BCUT2D eigenvalue weighted by atomic mass is 9.58. The summed E-state index contributed by atoms with van der Waals surface area (Å²) in [6, 6.07) is 3.93. The van der Waals surface area contributed by atoms with E-state index in [1.54, 1.807) is 6.07 Å². The monoisotopic (exact) mass is 727 g/mol. The van der Waals surface area contributed by atoms with Gasteiger partial charge in [-0.2, -0.15) is 13.2 Å². The van der Waals surface area contributed by atoms with E-state index in [0.717, 1.165) is 47.0 Å². The molecule has 2 aliphatic heterocycles. The topological polar surface area (TPSA) is 40.6 Å². The third-order valence-electron chi connectivity index (χ3n) is 9.56. The van der Waals surface area contributed by atoms with Crippen LogP contribution >= 0.6 is 34.6 Å². The predicted molar refractivity (Wildman–Crippen MR) is 173 cm³/mol. The Labute approximate surface area is 271 Å². The first-order chi connectivity index (χ1) is 20.2. The van der Waals surface area contributed by atoms with E-state index in [1.165, 1.54) is 43.4 Å². The Morgan fingerprint density at radius 2 is 1.91 bits per heavy atom. The minimum Gasteiger partial charge on any atom is -0.380 e. The fourth-order valence-electron chi connectivity index (χ4n) is 7.42. The standard InChI is InChI=1S/C34H41F3INO3S/c1-7-20-15-21(34(35,36)37)9-10-22(20)30-27-28(33(41-30)13-14-40-18-25(33)38)26-23(39-29(27)19(2)3)16-32(11-8-12-32)17-24(26)42-43-31(4,5)6/h7,9-10,15,19,24-25,30H,1,8,11-14,16-18H2,2-6H3. The number of alkyl halides is 4. The van der Waals surface area contributed by atoms with Gasteiger partial charge in [0.25, 0.3) is 0 Å². The zero-order valence-corrected chi connectivity index (χ0v) is 28.5. The summed E-state index contributed by atoms with van der Waals surface area (Å²) in [5.74, 6) is 0.0945. The van der Waals surface area contributed by atoms with Gasteiger partial charge in [0.2, 0.25) is 0 Å². The molecule has 9 heteroatoms. The van der Waals surface area contributed by atoms with Gasteiger partial charge in [0.1, 0.15) is 11.7 Å². The maximum absolute atomic E-state index is 13.7. The summed E-state index contributed by atoms with van der Waals surface area (Å²) in [7, 11) is 0. The highest BCUT2D eigenvalue weighted by molar-refractivity contribution is 14.1. The number of nitrogens with zero attached hydrogens (tertiary/aromatic N) is 1. The number of halogens is 4. The smallest absolute Gasteiger partial charge is 0.380 e. The zero-order chi connectivity index (χ0) is 30.9. The maximum atomic E-state index is 13.7. The molecule has 4 aliphatic rings. The van der Waals surface area contributed by atoms with E-state index < -0.39 is 23.4 Å². The van der Waals surface area contributed by atoms with E-state index in [-0.39, 0.29) is 26.1 Å². The van der Waals surface area contributed by atoms with Gasteiger partial charge >= 0.3 is 6.18 Å². The van der Waals surface area contributed by atoms with Crippen LogP contribution in [0.15, 0.2) is 24.8 Å². The van der Waals surface area contributed by atoms with Crippen LogP contribution in [0.5, 0.6) is 0 Å². The molecule has 0 amide bonds. The molecule has 3 heterocycles. The number of fused-ring (bicyclic) bond motifs is 4. The Morgan fingerprint density at radius 1 is 1.16 bits per heavy atom. The number of hydrogen-bond donors (Lipinski definition) is 0. The van der Waals surface area contributed by atoms with Gasteiger partial charge in [0.15, 0.2) is 0 Å². The summed E-state index contributed by atoms with van der Waals surface area (Å²) in [5, 5.41) is 0. The van der Waals surface area contributed by atoms with Gasteiger partial charge in [-0.15, -0.1) is 0 Å². The number of pyridine rings is 1. The van der Waals surface area contributed by atoms with Crippen molar-refractivity contribution < 1.29 is 26.8 Å². The van der Waals surface area contributed by atoms with Crippen LogP contribution in [0.1, 0.15) is 130 Å². The van der Waals surface area contributed by atoms with Crippen LogP contribution < -0.4 is 0 Å². The lowest BCUT2D eigenvalue weighted by Crippen LogP contribution is -2.46. The Bertz CT molecular complexity index is 1420.